The summed E-state index contributed by atoms with van der Waals surface area (Å²) < 4.78 is 54.3. The van der Waals surface area contributed by atoms with Crippen LogP contribution in [0.2, 0.25) is 0 Å². The van der Waals surface area contributed by atoms with E-state index >= 15 is 0 Å². The maximum Gasteiger partial charge on any atom is 0.251 e. The third kappa shape index (κ3) is 4.44. The molecule has 1 heterocycles. The lowest BCUT2D eigenvalue weighted by Gasteiger charge is -2.18. The Labute approximate surface area is 170 Å². The number of hydrogen-bond acceptors (Lipinski definition) is 5. The minimum Gasteiger partial charge on any atom is -0.348 e. The van der Waals surface area contributed by atoms with Crippen LogP contribution in [0.15, 0.2) is 29.2 Å². The monoisotopic (exact) mass is 437 g/mol. The summed E-state index contributed by atoms with van der Waals surface area (Å²) in [5.41, 5.74) is 3.91. The number of aryl methyl sites for hydroxylation is 2. The quantitative estimate of drug-likeness (QED) is 0.635. The van der Waals surface area contributed by atoms with Crippen molar-refractivity contribution in [1.82, 2.24) is 10.0 Å². The van der Waals surface area contributed by atoms with Crippen molar-refractivity contribution in [3.05, 3.63) is 57.6 Å². The molecule has 0 unspecified atom stereocenters. The number of sulfonamides is 2. The summed E-state index contributed by atoms with van der Waals surface area (Å²) in [4.78, 5) is 11.7. The summed E-state index contributed by atoms with van der Waals surface area (Å²) in [5.74, 6) is -0.135. The molecule has 0 aliphatic carbocycles. The molecule has 3 N–H and O–H groups in total. The van der Waals surface area contributed by atoms with Crippen molar-refractivity contribution in [1.29, 1.82) is 0 Å². The maximum atomic E-state index is 13.0. The zero-order valence-corrected chi connectivity index (χ0v) is 18.2. The summed E-state index contributed by atoms with van der Waals surface area (Å²) in [6, 6.07) is 6.82. The molecular formula is C19H23N3O5S2. The molecule has 2 aromatic carbocycles. The Hall–Kier alpha value is -2.43. The van der Waals surface area contributed by atoms with Crippen LogP contribution in [0.5, 0.6) is 0 Å². The van der Waals surface area contributed by atoms with Gasteiger partial charge in [0.25, 0.3) is 5.91 Å². The van der Waals surface area contributed by atoms with Crippen molar-refractivity contribution in [2.75, 3.05) is 11.0 Å². The Morgan fingerprint density at radius 3 is 2.38 bits per heavy atom. The number of nitrogens with one attached hydrogen (secondary N) is 3. The molecular weight excluding hydrogens is 414 g/mol. The van der Waals surface area contributed by atoms with Gasteiger partial charge in [-0.2, -0.15) is 0 Å². The molecule has 0 aromatic heterocycles. The van der Waals surface area contributed by atoms with E-state index in [4.69, 9.17) is 0 Å². The third-order valence-electron chi connectivity index (χ3n) is 4.78. The molecule has 0 saturated carbocycles. The Kier molecular flexibility index (Phi) is 5.46. The minimum absolute atomic E-state index is 0.0470. The van der Waals surface area contributed by atoms with Crippen LogP contribution in [-0.4, -0.2) is 29.0 Å². The molecule has 0 fully saturated rings. The van der Waals surface area contributed by atoms with E-state index in [1.807, 2.05) is 0 Å². The molecule has 0 radical (unpaired) electrons. The first-order valence-corrected chi connectivity index (χ1v) is 12.2. The van der Waals surface area contributed by atoms with Crippen LogP contribution >= 0.6 is 0 Å². The smallest absolute Gasteiger partial charge is 0.251 e. The summed E-state index contributed by atoms with van der Waals surface area (Å²) in [7, 11) is -7.47. The number of benzene rings is 2. The lowest BCUT2D eigenvalue weighted by Crippen LogP contribution is -2.26. The van der Waals surface area contributed by atoms with Gasteiger partial charge in [0.05, 0.1) is 16.8 Å². The SMILES string of the molecule is Cc1cc(C)c(S(=O)(=O)NCc2ccc3c(c2)CNC3=O)c(C)c1NS(C)(=O)=O. The number of hydrogen-bond donors (Lipinski definition) is 3. The van der Waals surface area contributed by atoms with Gasteiger partial charge in [-0.05, 0) is 54.7 Å². The molecule has 8 nitrogen and oxygen atoms in total. The van der Waals surface area contributed by atoms with Crippen molar-refractivity contribution in [3.8, 4) is 0 Å². The first kappa shape index (κ1) is 21.3. The first-order valence-electron chi connectivity index (χ1n) is 8.87. The Bertz CT molecular complexity index is 1220. The summed E-state index contributed by atoms with van der Waals surface area (Å²) in [6.07, 6.45) is 1.02. The van der Waals surface area contributed by atoms with Crippen molar-refractivity contribution in [2.24, 2.45) is 0 Å². The van der Waals surface area contributed by atoms with Crippen LogP contribution < -0.4 is 14.8 Å². The van der Waals surface area contributed by atoms with Crippen molar-refractivity contribution in [3.63, 3.8) is 0 Å². The van der Waals surface area contributed by atoms with Gasteiger partial charge in [0, 0.05) is 18.7 Å². The van der Waals surface area contributed by atoms with E-state index in [2.05, 4.69) is 14.8 Å². The number of carbonyl (C=O) groups is 1. The molecule has 0 bridgehead atoms. The third-order valence-corrected chi connectivity index (χ3v) is 7.04. The number of rotatable bonds is 6. The highest BCUT2D eigenvalue weighted by atomic mass is 32.2. The number of carbonyl (C=O) groups excluding carboxylic acids is 1. The molecule has 2 aromatic rings. The Balaban J connectivity index is 1.91. The van der Waals surface area contributed by atoms with E-state index in [9.17, 15) is 21.6 Å². The van der Waals surface area contributed by atoms with E-state index in [1.165, 1.54) is 0 Å². The molecule has 0 atom stereocenters. The molecule has 0 saturated heterocycles. The van der Waals surface area contributed by atoms with Crippen LogP contribution in [-0.2, 0) is 33.1 Å². The van der Waals surface area contributed by atoms with Crippen LogP contribution in [0.1, 0.15) is 38.2 Å². The highest BCUT2D eigenvalue weighted by molar-refractivity contribution is 7.92. The Morgan fingerprint density at radius 1 is 1.03 bits per heavy atom. The molecule has 29 heavy (non-hydrogen) atoms. The second kappa shape index (κ2) is 7.43. The molecule has 156 valence electrons. The largest absolute Gasteiger partial charge is 0.348 e. The fraction of sp³-hybridized carbons (Fsp3) is 0.316. The van der Waals surface area contributed by atoms with E-state index in [0.29, 0.717) is 28.8 Å². The van der Waals surface area contributed by atoms with Gasteiger partial charge in [-0.1, -0.05) is 18.2 Å². The van der Waals surface area contributed by atoms with Gasteiger partial charge in [-0.3, -0.25) is 9.52 Å². The van der Waals surface area contributed by atoms with Gasteiger partial charge in [-0.25, -0.2) is 21.6 Å². The van der Waals surface area contributed by atoms with Crippen LogP contribution in [0.25, 0.3) is 0 Å². The fourth-order valence-electron chi connectivity index (χ4n) is 3.57. The first-order chi connectivity index (χ1) is 13.4. The average Bonchev–Trinajstić information content (AvgIpc) is 2.96. The van der Waals surface area contributed by atoms with Gasteiger partial charge in [0.15, 0.2) is 0 Å². The van der Waals surface area contributed by atoms with Gasteiger partial charge in [0.1, 0.15) is 0 Å². The lowest BCUT2D eigenvalue weighted by atomic mass is 10.1. The molecule has 3 rings (SSSR count). The average molecular weight is 438 g/mol. The van der Waals surface area contributed by atoms with Gasteiger partial charge < -0.3 is 5.32 Å². The van der Waals surface area contributed by atoms with Crippen LogP contribution in [0.4, 0.5) is 5.69 Å². The Morgan fingerprint density at radius 2 is 1.72 bits per heavy atom. The highest BCUT2D eigenvalue weighted by Crippen LogP contribution is 2.31. The number of fused-ring (bicyclic) bond motifs is 1. The van der Waals surface area contributed by atoms with Crippen molar-refractivity contribution in [2.45, 2.75) is 38.8 Å². The zero-order chi connectivity index (χ0) is 21.6. The summed E-state index contributed by atoms with van der Waals surface area (Å²) in [6.45, 7) is 5.44. The predicted octanol–water partition coefficient (Wildman–Crippen LogP) is 1.71. The molecule has 10 heteroatoms. The number of anilines is 1. The molecule has 1 amide bonds. The van der Waals surface area contributed by atoms with Gasteiger partial charge in [-0.15, -0.1) is 0 Å². The van der Waals surface area contributed by atoms with Crippen molar-refractivity contribution < 1.29 is 21.6 Å². The molecule has 1 aliphatic heterocycles. The van der Waals surface area contributed by atoms with Gasteiger partial charge in [0.2, 0.25) is 20.0 Å². The van der Waals surface area contributed by atoms with E-state index in [-0.39, 0.29) is 23.0 Å². The summed E-state index contributed by atoms with van der Waals surface area (Å²) in [5, 5.41) is 2.72. The van der Waals surface area contributed by atoms with E-state index < -0.39 is 20.0 Å². The second-order valence-electron chi connectivity index (χ2n) is 7.21. The summed E-state index contributed by atoms with van der Waals surface area (Å²) >= 11 is 0. The van der Waals surface area contributed by atoms with E-state index in [1.54, 1.807) is 45.0 Å². The molecule has 0 spiro atoms. The van der Waals surface area contributed by atoms with Gasteiger partial charge >= 0.3 is 0 Å². The normalized spacial score (nSPS) is 13.9. The second-order valence-corrected chi connectivity index (χ2v) is 10.7. The predicted molar refractivity (Wildman–Crippen MR) is 111 cm³/mol. The van der Waals surface area contributed by atoms with Crippen LogP contribution in [0.3, 0.4) is 0 Å². The minimum atomic E-state index is -3.91. The topological polar surface area (TPSA) is 121 Å². The highest BCUT2D eigenvalue weighted by Gasteiger charge is 2.24. The standard InChI is InChI=1S/C19H23N3O5S2/c1-11-7-12(2)18(13(3)17(11)22-28(4,24)25)29(26,27)21-9-14-5-6-16-15(8-14)10-20-19(16)23/h5-8,21-22H,9-10H2,1-4H3,(H,20,23). The molecule has 1 aliphatic rings. The maximum absolute atomic E-state index is 13.0. The van der Waals surface area contributed by atoms with Crippen molar-refractivity contribution >= 4 is 31.6 Å². The van der Waals surface area contributed by atoms with Crippen LogP contribution in [0, 0.1) is 20.8 Å². The number of amides is 1. The zero-order valence-electron chi connectivity index (χ0n) is 16.6. The lowest BCUT2D eigenvalue weighted by molar-refractivity contribution is 0.0965. The van der Waals surface area contributed by atoms with E-state index in [0.717, 1.165) is 17.4 Å². The fourth-order valence-corrected chi connectivity index (χ4v) is 5.74.